The Labute approximate surface area is 197 Å². The zero-order chi connectivity index (χ0) is 23.6. The number of halogens is 1. The highest BCUT2D eigenvalue weighted by Gasteiger charge is 2.30. The molecule has 0 fully saturated rings. The van der Waals surface area contributed by atoms with Gasteiger partial charge in [-0.15, -0.1) is 0 Å². The van der Waals surface area contributed by atoms with Crippen LogP contribution in [-0.4, -0.2) is 35.1 Å². The molecule has 3 aromatic rings. The molecule has 9 heteroatoms. The Morgan fingerprint density at radius 2 is 1.70 bits per heavy atom. The fraction of sp³-hybridized carbons (Fsp3) is 0.208. The first-order valence-electron chi connectivity index (χ1n) is 10.3. The van der Waals surface area contributed by atoms with Crippen molar-refractivity contribution in [2.24, 2.45) is 0 Å². The molecule has 0 unspecified atom stereocenters. The number of hydrogen-bond acceptors (Lipinski definition) is 5. The lowest BCUT2D eigenvalue weighted by Crippen LogP contribution is -2.35. The van der Waals surface area contributed by atoms with Crippen LogP contribution in [0, 0.1) is 0 Å². The molecule has 1 heterocycles. The second-order valence-corrected chi connectivity index (χ2v) is 9.78. The molecule has 172 valence electrons. The third-order valence-corrected chi connectivity index (χ3v) is 7.59. The van der Waals surface area contributed by atoms with E-state index in [0.717, 1.165) is 18.4 Å². The van der Waals surface area contributed by atoms with E-state index in [1.165, 1.54) is 36.7 Å². The largest absolute Gasteiger partial charge is 0.497 e. The van der Waals surface area contributed by atoms with Gasteiger partial charge in [0.15, 0.2) is 0 Å². The highest BCUT2D eigenvalue weighted by molar-refractivity contribution is 7.92. The van der Waals surface area contributed by atoms with Gasteiger partial charge >= 0.3 is 0 Å². The molecule has 0 atom stereocenters. The van der Waals surface area contributed by atoms with Gasteiger partial charge in [-0.3, -0.25) is 9.10 Å². The van der Waals surface area contributed by atoms with E-state index < -0.39 is 15.9 Å². The maximum atomic E-state index is 13.5. The van der Waals surface area contributed by atoms with Gasteiger partial charge in [-0.2, -0.15) is 0 Å². The molecule has 1 N–H and O–H groups in total. The normalized spacial score (nSPS) is 13.2. The number of ether oxygens (including phenoxy) is 2. The third kappa shape index (κ3) is 4.62. The number of benzene rings is 3. The molecule has 0 radical (unpaired) electrons. The van der Waals surface area contributed by atoms with Crippen molar-refractivity contribution in [1.82, 2.24) is 0 Å². The molecular formula is C24H23ClN2O5S. The van der Waals surface area contributed by atoms with E-state index >= 15 is 0 Å². The number of carbonyl (C=O) groups is 1. The van der Waals surface area contributed by atoms with Gasteiger partial charge in [-0.1, -0.05) is 29.8 Å². The van der Waals surface area contributed by atoms with Crippen LogP contribution in [0.15, 0.2) is 65.6 Å². The van der Waals surface area contributed by atoms with Gasteiger partial charge in [-0.25, -0.2) is 8.42 Å². The number of nitrogens with zero attached hydrogens (tertiary/aromatic N) is 1. The lowest BCUT2D eigenvalue weighted by Gasteiger charge is -2.30. The summed E-state index contributed by atoms with van der Waals surface area (Å²) in [5.41, 5.74) is 2.11. The summed E-state index contributed by atoms with van der Waals surface area (Å²) in [6.07, 6.45) is 1.54. The summed E-state index contributed by atoms with van der Waals surface area (Å²) in [5.74, 6) is 0.443. The topological polar surface area (TPSA) is 84.9 Å². The van der Waals surface area contributed by atoms with Gasteiger partial charge in [0.2, 0.25) is 0 Å². The second-order valence-electron chi connectivity index (χ2n) is 7.51. The maximum Gasteiger partial charge on any atom is 0.264 e. The van der Waals surface area contributed by atoms with E-state index in [0.29, 0.717) is 29.4 Å². The number of nitrogens with one attached hydrogen (secondary N) is 1. The van der Waals surface area contributed by atoms with Crippen molar-refractivity contribution < 1.29 is 22.7 Å². The molecular weight excluding hydrogens is 464 g/mol. The van der Waals surface area contributed by atoms with Gasteiger partial charge in [0, 0.05) is 30.4 Å². The molecule has 33 heavy (non-hydrogen) atoms. The highest BCUT2D eigenvalue weighted by atomic mass is 35.5. The number of fused-ring (bicyclic) bond motifs is 1. The number of sulfonamides is 1. The summed E-state index contributed by atoms with van der Waals surface area (Å²) in [7, 11) is -0.879. The van der Waals surface area contributed by atoms with Crippen molar-refractivity contribution >= 4 is 38.9 Å². The monoisotopic (exact) mass is 486 g/mol. The van der Waals surface area contributed by atoms with Crippen LogP contribution in [-0.2, 0) is 16.4 Å². The van der Waals surface area contributed by atoms with Gasteiger partial charge < -0.3 is 14.8 Å². The lowest BCUT2D eigenvalue weighted by molar-refractivity contribution is 0.102. The number of carbonyl (C=O) groups excluding carboxylic acids is 1. The van der Waals surface area contributed by atoms with Crippen LogP contribution in [0.25, 0.3) is 0 Å². The van der Waals surface area contributed by atoms with Crippen molar-refractivity contribution in [3.8, 4) is 11.5 Å². The van der Waals surface area contributed by atoms with E-state index in [9.17, 15) is 13.2 Å². The van der Waals surface area contributed by atoms with Gasteiger partial charge in [0.05, 0.1) is 35.4 Å². The van der Waals surface area contributed by atoms with Crippen molar-refractivity contribution in [3.63, 3.8) is 0 Å². The predicted octanol–water partition coefficient (Wildman–Crippen LogP) is 4.75. The van der Waals surface area contributed by atoms with Crippen LogP contribution in [0.1, 0.15) is 22.3 Å². The van der Waals surface area contributed by atoms with Gasteiger partial charge in [0.25, 0.3) is 15.9 Å². The molecule has 0 saturated heterocycles. The Bertz CT molecular complexity index is 1290. The Hall–Kier alpha value is -3.23. The average Bonchev–Trinajstić information content (AvgIpc) is 2.83. The van der Waals surface area contributed by atoms with Crippen molar-refractivity contribution in [3.05, 3.63) is 76.8 Å². The zero-order valence-electron chi connectivity index (χ0n) is 18.2. The number of hydrogen-bond donors (Lipinski definition) is 1. The zero-order valence-corrected chi connectivity index (χ0v) is 19.7. The summed E-state index contributed by atoms with van der Waals surface area (Å²) in [6, 6.07) is 16.5. The minimum absolute atomic E-state index is 0.00280. The Morgan fingerprint density at radius 3 is 2.39 bits per heavy atom. The number of rotatable bonds is 6. The van der Waals surface area contributed by atoms with E-state index in [1.807, 2.05) is 18.2 Å². The quantitative estimate of drug-likeness (QED) is 0.543. The SMILES string of the molecule is COc1cc(NC(=O)c2cc(S(=O)(=O)N3CCCc4ccccc43)ccc2Cl)cc(OC)c1. The van der Waals surface area contributed by atoms with Crippen LogP contribution in [0.5, 0.6) is 11.5 Å². The first-order valence-corrected chi connectivity index (χ1v) is 12.1. The molecule has 3 aromatic carbocycles. The second kappa shape index (κ2) is 9.33. The smallest absolute Gasteiger partial charge is 0.264 e. The minimum Gasteiger partial charge on any atom is -0.497 e. The van der Waals surface area contributed by atoms with Crippen LogP contribution in [0.4, 0.5) is 11.4 Å². The van der Waals surface area contributed by atoms with E-state index in [-0.39, 0.29) is 15.5 Å². The first-order chi connectivity index (χ1) is 15.8. The molecule has 4 rings (SSSR count). The number of amides is 1. The van der Waals surface area contributed by atoms with Gasteiger partial charge in [-0.05, 0) is 42.7 Å². The summed E-state index contributed by atoms with van der Waals surface area (Å²) >= 11 is 6.27. The Balaban J connectivity index is 1.67. The molecule has 0 bridgehead atoms. The molecule has 1 aliphatic heterocycles. The van der Waals surface area contributed by atoms with Crippen molar-refractivity contribution in [2.75, 3.05) is 30.4 Å². The van der Waals surface area contributed by atoms with Crippen LogP contribution >= 0.6 is 11.6 Å². The van der Waals surface area contributed by atoms with E-state index in [4.69, 9.17) is 21.1 Å². The highest BCUT2D eigenvalue weighted by Crippen LogP contribution is 2.33. The molecule has 0 aliphatic carbocycles. The number of para-hydroxylation sites is 1. The van der Waals surface area contributed by atoms with E-state index in [2.05, 4.69) is 5.32 Å². The third-order valence-electron chi connectivity index (χ3n) is 5.45. The summed E-state index contributed by atoms with van der Waals surface area (Å²) in [6.45, 7) is 0.368. The standard InChI is InChI=1S/C24H23ClN2O5S/c1-31-18-12-17(13-19(14-18)32-2)26-24(28)21-15-20(9-10-22(21)25)33(29,30)27-11-5-7-16-6-3-4-8-23(16)27/h3-4,6,8-10,12-15H,5,7,11H2,1-2H3,(H,26,28). The number of aryl methyl sites for hydroxylation is 1. The van der Waals surface area contributed by atoms with Crippen LogP contribution in [0.3, 0.4) is 0 Å². The van der Waals surface area contributed by atoms with Crippen molar-refractivity contribution in [2.45, 2.75) is 17.7 Å². The van der Waals surface area contributed by atoms with Gasteiger partial charge in [0.1, 0.15) is 11.5 Å². The molecule has 0 saturated carbocycles. The summed E-state index contributed by atoms with van der Waals surface area (Å²) in [5, 5.41) is 2.87. The molecule has 1 aliphatic rings. The summed E-state index contributed by atoms with van der Waals surface area (Å²) < 4.78 is 38.8. The molecule has 0 spiro atoms. The first kappa shape index (κ1) is 22.9. The Morgan fingerprint density at radius 1 is 1.00 bits per heavy atom. The van der Waals surface area contributed by atoms with E-state index in [1.54, 1.807) is 24.3 Å². The number of anilines is 2. The van der Waals surface area contributed by atoms with Crippen molar-refractivity contribution in [1.29, 1.82) is 0 Å². The lowest BCUT2D eigenvalue weighted by atomic mass is 10.0. The fourth-order valence-corrected chi connectivity index (χ4v) is 5.56. The molecule has 1 amide bonds. The predicted molar refractivity (Wildman–Crippen MR) is 128 cm³/mol. The molecule has 0 aromatic heterocycles. The molecule has 7 nitrogen and oxygen atoms in total. The maximum absolute atomic E-state index is 13.5. The Kier molecular flexibility index (Phi) is 6.49. The minimum atomic E-state index is -3.89. The number of methoxy groups -OCH3 is 2. The summed E-state index contributed by atoms with van der Waals surface area (Å²) in [4.78, 5) is 13.0. The average molecular weight is 487 g/mol. The van der Waals surface area contributed by atoms with Crippen LogP contribution < -0.4 is 19.1 Å². The van der Waals surface area contributed by atoms with Crippen LogP contribution in [0.2, 0.25) is 5.02 Å². The fourth-order valence-electron chi connectivity index (χ4n) is 3.79.